The van der Waals surface area contributed by atoms with Crippen molar-refractivity contribution in [2.75, 3.05) is 7.11 Å². The molecule has 1 unspecified atom stereocenters. The molecule has 1 rings (SSSR count). The van der Waals surface area contributed by atoms with Crippen LogP contribution in [0.3, 0.4) is 0 Å². The van der Waals surface area contributed by atoms with Crippen LogP contribution in [0.2, 0.25) is 0 Å². The summed E-state index contributed by atoms with van der Waals surface area (Å²) in [6.45, 7) is 0. The average Bonchev–Trinajstić information content (AvgIpc) is 2.29. The van der Waals surface area contributed by atoms with Gasteiger partial charge in [0.25, 0.3) is 0 Å². The van der Waals surface area contributed by atoms with Gasteiger partial charge in [-0.05, 0) is 25.7 Å². The second-order valence-corrected chi connectivity index (χ2v) is 3.90. The van der Waals surface area contributed by atoms with Gasteiger partial charge in [0, 0.05) is 12.8 Å². The van der Waals surface area contributed by atoms with Crippen molar-refractivity contribution in [2.24, 2.45) is 5.92 Å². The normalized spacial score (nSPS) is 24.6. The zero-order valence-electron chi connectivity index (χ0n) is 8.75. The van der Waals surface area contributed by atoms with Crippen LogP contribution in [-0.2, 0) is 14.3 Å². The Hall–Kier alpha value is -0.860. The van der Waals surface area contributed by atoms with Crippen molar-refractivity contribution >= 4 is 11.8 Å². The minimum Gasteiger partial charge on any atom is -0.469 e. The van der Waals surface area contributed by atoms with Crippen LogP contribution in [0.25, 0.3) is 0 Å². The summed E-state index contributed by atoms with van der Waals surface area (Å²) in [5, 5.41) is 0. The Labute approximate surface area is 84.8 Å². The third kappa shape index (κ3) is 3.48. The molecule has 1 aliphatic carbocycles. The second-order valence-electron chi connectivity index (χ2n) is 3.90. The molecular formula is C11H18O3. The molecule has 0 aromatic carbocycles. The van der Waals surface area contributed by atoms with Crippen molar-refractivity contribution in [3.63, 3.8) is 0 Å². The van der Waals surface area contributed by atoms with Crippen molar-refractivity contribution in [1.82, 2.24) is 0 Å². The molecule has 0 spiro atoms. The van der Waals surface area contributed by atoms with Gasteiger partial charge in [-0.1, -0.05) is 6.42 Å². The largest absolute Gasteiger partial charge is 0.469 e. The summed E-state index contributed by atoms with van der Waals surface area (Å²) in [7, 11) is 1.43. The van der Waals surface area contributed by atoms with Gasteiger partial charge in [-0.2, -0.15) is 0 Å². The van der Waals surface area contributed by atoms with Gasteiger partial charge in [-0.25, -0.2) is 0 Å². The molecule has 0 heterocycles. The highest BCUT2D eigenvalue weighted by molar-refractivity contribution is 5.78. The van der Waals surface area contributed by atoms with Gasteiger partial charge in [-0.15, -0.1) is 0 Å². The first kappa shape index (κ1) is 11.2. The Kier molecular flexibility index (Phi) is 4.63. The Morgan fingerprint density at radius 2 is 1.86 bits per heavy atom. The molecule has 0 saturated heterocycles. The van der Waals surface area contributed by atoms with E-state index >= 15 is 0 Å². The highest BCUT2D eigenvalue weighted by Crippen LogP contribution is 2.21. The number of rotatable bonds is 1. The first-order valence-corrected chi connectivity index (χ1v) is 5.33. The molecule has 3 heteroatoms. The lowest BCUT2D eigenvalue weighted by Crippen LogP contribution is -2.16. The van der Waals surface area contributed by atoms with E-state index in [4.69, 9.17) is 4.74 Å². The van der Waals surface area contributed by atoms with Crippen LogP contribution in [0.15, 0.2) is 0 Å². The van der Waals surface area contributed by atoms with Crippen LogP contribution in [0.1, 0.15) is 44.9 Å². The van der Waals surface area contributed by atoms with Crippen LogP contribution in [0.4, 0.5) is 0 Å². The molecule has 1 saturated carbocycles. The first-order chi connectivity index (χ1) is 6.74. The zero-order valence-corrected chi connectivity index (χ0v) is 8.75. The maximum Gasteiger partial charge on any atom is 0.308 e. The summed E-state index contributed by atoms with van der Waals surface area (Å²) in [5.41, 5.74) is 0. The summed E-state index contributed by atoms with van der Waals surface area (Å²) >= 11 is 0. The van der Waals surface area contributed by atoms with Gasteiger partial charge in [0.15, 0.2) is 0 Å². The van der Waals surface area contributed by atoms with Crippen molar-refractivity contribution in [3.8, 4) is 0 Å². The van der Waals surface area contributed by atoms with E-state index in [1.165, 1.54) is 7.11 Å². The Morgan fingerprint density at radius 1 is 1.21 bits per heavy atom. The predicted octanol–water partition coefficient (Wildman–Crippen LogP) is 2.09. The van der Waals surface area contributed by atoms with Crippen LogP contribution in [-0.4, -0.2) is 18.9 Å². The van der Waals surface area contributed by atoms with E-state index in [9.17, 15) is 9.59 Å². The maximum absolute atomic E-state index is 11.3. The summed E-state index contributed by atoms with van der Waals surface area (Å²) < 4.78 is 4.73. The van der Waals surface area contributed by atoms with Gasteiger partial charge in [0.1, 0.15) is 5.78 Å². The second kappa shape index (κ2) is 5.78. The third-order valence-corrected chi connectivity index (χ3v) is 2.80. The summed E-state index contributed by atoms with van der Waals surface area (Å²) in [6.07, 6.45) is 5.72. The van der Waals surface area contributed by atoms with Crippen molar-refractivity contribution < 1.29 is 14.3 Å². The smallest absolute Gasteiger partial charge is 0.308 e. The highest BCUT2D eigenvalue weighted by Gasteiger charge is 2.20. The quantitative estimate of drug-likeness (QED) is 0.606. The molecule has 0 aliphatic heterocycles. The molecule has 0 bridgehead atoms. The van der Waals surface area contributed by atoms with Gasteiger partial charge in [0.05, 0.1) is 13.0 Å². The Balaban J connectivity index is 2.44. The molecule has 1 aliphatic rings. The van der Waals surface area contributed by atoms with E-state index in [2.05, 4.69) is 0 Å². The van der Waals surface area contributed by atoms with E-state index in [1.54, 1.807) is 0 Å². The number of esters is 1. The number of hydrogen-bond donors (Lipinski definition) is 0. The lowest BCUT2D eigenvalue weighted by Gasteiger charge is -2.12. The molecule has 0 radical (unpaired) electrons. The molecule has 80 valence electrons. The van der Waals surface area contributed by atoms with E-state index in [1.807, 2.05) is 0 Å². The predicted molar refractivity (Wildman–Crippen MR) is 52.8 cm³/mol. The Morgan fingerprint density at radius 3 is 2.57 bits per heavy atom. The van der Waals surface area contributed by atoms with Crippen molar-refractivity contribution in [3.05, 3.63) is 0 Å². The molecule has 0 aromatic rings. The maximum atomic E-state index is 11.3. The molecular weight excluding hydrogens is 180 g/mol. The number of carbonyl (C=O) groups is 2. The third-order valence-electron chi connectivity index (χ3n) is 2.80. The van der Waals surface area contributed by atoms with Gasteiger partial charge >= 0.3 is 5.97 Å². The van der Waals surface area contributed by atoms with Crippen LogP contribution < -0.4 is 0 Å². The van der Waals surface area contributed by atoms with Crippen molar-refractivity contribution in [2.45, 2.75) is 44.9 Å². The summed E-state index contributed by atoms with van der Waals surface area (Å²) in [6, 6.07) is 0. The number of Topliss-reactive ketones (excluding diaryl/α,β-unsaturated/α-hetero) is 1. The van der Waals surface area contributed by atoms with Gasteiger partial charge < -0.3 is 4.74 Å². The molecule has 14 heavy (non-hydrogen) atoms. The van der Waals surface area contributed by atoms with E-state index in [0.717, 1.165) is 32.1 Å². The monoisotopic (exact) mass is 198 g/mol. The fourth-order valence-corrected chi connectivity index (χ4v) is 1.93. The lowest BCUT2D eigenvalue weighted by atomic mass is 9.97. The number of hydrogen-bond acceptors (Lipinski definition) is 3. The number of ether oxygens (including phenoxy) is 1. The molecule has 1 fully saturated rings. The highest BCUT2D eigenvalue weighted by atomic mass is 16.5. The van der Waals surface area contributed by atoms with E-state index < -0.39 is 0 Å². The van der Waals surface area contributed by atoms with Crippen LogP contribution in [0, 0.1) is 5.92 Å². The van der Waals surface area contributed by atoms with Crippen LogP contribution >= 0.6 is 0 Å². The number of carbonyl (C=O) groups excluding carboxylic acids is 2. The standard InChI is InChI=1S/C11H18O3/c1-14-11(13)9-5-2-3-7-10(12)8-4-6-9/h9H,2-8H2,1H3. The first-order valence-electron chi connectivity index (χ1n) is 5.33. The average molecular weight is 198 g/mol. The minimum atomic E-state index is -0.112. The fraction of sp³-hybridized carbons (Fsp3) is 0.818. The van der Waals surface area contributed by atoms with Gasteiger partial charge in [-0.3, -0.25) is 9.59 Å². The zero-order chi connectivity index (χ0) is 10.4. The Bertz CT molecular complexity index is 211. The molecule has 0 aromatic heterocycles. The number of ketones is 1. The summed E-state index contributed by atoms with van der Waals surface area (Å²) in [5.74, 6) is 0.251. The van der Waals surface area contributed by atoms with Crippen molar-refractivity contribution in [1.29, 1.82) is 0 Å². The molecule has 3 nitrogen and oxygen atoms in total. The topological polar surface area (TPSA) is 43.4 Å². The van der Waals surface area contributed by atoms with E-state index in [-0.39, 0.29) is 11.9 Å². The van der Waals surface area contributed by atoms with Gasteiger partial charge in [0.2, 0.25) is 0 Å². The van der Waals surface area contributed by atoms with Crippen LogP contribution in [0.5, 0.6) is 0 Å². The summed E-state index contributed by atoms with van der Waals surface area (Å²) in [4.78, 5) is 22.5. The molecule has 0 N–H and O–H groups in total. The number of methoxy groups -OCH3 is 1. The lowest BCUT2D eigenvalue weighted by molar-refractivity contribution is -0.146. The molecule has 0 amide bonds. The SMILES string of the molecule is COC(=O)C1CCCCC(=O)CCC1. The van der Waals surface area contributed by atoms with E-state index in [0.29, 0.717) is 18.6 Å². The molecule has 1 atom stereocenters. The minimum absolute atomic E-state index is 0.0194. The fourth-order valence-electron chi connectivity index (χ4n) is 1.93.